The summed E-state index contributed by atoms with van der Waals surface area (Å²) in [4.78, 5) is 33.3. The van der Waals surface area contributed by atoms with Gasteiger partial charge in [-0.15, -0.1) is 0 Å². The van der Waals surface area contributed by atoms with E-state index in [0.717, 1.165) is 5.56 Å². The molecule has 3 rings (SSSR count). The summed E-state index contributed by atoms with van der Waals surface area (Å²) in [6.07, 6.45) is 0. The van der Waals surface area contributed by atoms with Gasteiger partial charge in [-0.1, -0.05) is 42.5 Å². The van der Waals surface area contributed by atoms with Gasteiger partial charge in [-0.2, -0.15) is 0 Å². The first-order valence-corrected chi connectivity index (χ1v) is 9.14. The van der Waals surface area contributed by atoms with Crippen LogP contribution in [0.2, 0.25) is 0 Å². The van der Waals surface area contributed by atoms with E-state index in [1.807, 2.05) is 37.3 Å². The van der Waals surface area contributed by atoms with Gasteiger partial charge in [0.05, 0.1) is 18.4 Å². The number of methoxy groups -OCH3 is 1. The maximum atomic E-state index is 12.8. The standard InChI is InChI=1S/C22H22N4O3/c1-14(16-9-5-4-6-10-16)23-20-13-19(24-15(2)25-20)21(27)26-18-12-8-7-11-17(18)22(28)29-3/h4-14H,1-3H3,(H,26,27)(H,23,24,25). The second-order valence-corrected chi connectivity index (χ2v) is 6.45. The van der Waals surface area contributed by atoms with Crippen molar-refractivity contribution in [1.29, 1.82) is 0 Å². The Hall–Kier alpha value is -3.74. The lowest BCUT2D eigenvalue weighted by atomic mass is 10.1. The monoisotopic (exact) mass is 390 g/mol. The van der Waals surface area contributed by atoms with Crippen molar-refractivity contribution >= 4 is 23.4 Å². The number of carbonyl (C=O) groups excluding carboxylic acids is 2. The molecule has 3 aromatic rings. The number of aromatic nitrogens is 2. The van der Waals surface area contributed by atoms with Crippen LogP contribution in [0.3, 0.4) is 0 Å². The van der Waals surface area contributed by atoms with E-state index in [4.69, 9.17) is 4.74 Å². The summed E-state index contributed by atoms with van der Waals surface area (Å²) >= 11 is 0. The molecule has 0 fully saturated rings. The van der Waals surface area contributed by atoms with Gasteiger partial charge in [-0.3, -0.25) is 4.79 Å². The molecule has 0 spiro atoms. The Balaban J connectivity index is 1.81. The average Bonchev–Trinajstić information content (AvgIpc) is 2.73. The predicted molar refractivity (Wildman–Crippen MR) is 111 cm³/mol. The minimum atomic E-state index is -0.529. The minimum absolute atomic E-state index is 0.00135. The second kappa shape index (κ2) is 8.97. The number of anilines is 2. The third-order valence-electron chi connectivity index (χ3n) is 4.32. The quantitative estimate of drug-likeness (QED) is 0.618. The van der Waals surface area contributed by atoms with Gasteiger partial charge in [0.15, 0.2) is 0 Å². The van der Waals surface area contributed by atoms with E-state index >= 15 is 0 Å². The third-order valence-corrected chi connectivity index (χ3v) is 4.32. The molecule has 29 heavy (non-hydrogen) atoms. The van der Waals surface area contributed by atoms with Crippen molar-refractivity contribution in [2.45, 2.75) is 19.9 Å². The Morgan fingerprint density at radius 1 is 1.00 bits per heavy atom. The number of amides is 1. The van der Waals surface area contributed by atoms with Gasteiger partial charge in [0, 0.05) is 12.1 Å². The number of carbonyl (C=O) groups is 2. The first kappa shape index (κ1) is 20.0. The van der Waals surface area contributed by atoms with Gasteiger partial charge in [0.25, 0.3) is 5.91 Å². The lowest BCUT2D eigenvalue weighted by molar-refractivity contribution is 0.0602. The number of ether oxygens (including phenoxy) is 1. The molecule has 1 unspecified atom stereocenters. The fourth-order valence-corrected chi connectivity index (χ4v) is 2.87. The van der Waals surface area contributed by atoms with E-state index in [0.29, 0.717) is 17.3 Å². The van der Waals surface area contributed by atoms with E-state index in [9.17, 15) is 9.59 Å². The molecule has 7 heteroatoms. The molecule has 1 amide bonds. The lowest BCUT2D eigenvalue weighted by Gasteiger charge is -2.16. The summed E-state index contributed by atoms with van der Waals surface area (Å²) in [7, 11) is 1.29. The fourth-order valence-electron chi connectivity index (χ4n) is 2.87. The second-order valence-electron chi connectivity index (χ2n) is 6.45. The highest BCUT2D eigenvalue weighted by Crippen LogP contribution is 2.20. The Morgan fingerprint density at radius 3 is 2.41 bits per heavy atom. The molecule has 0 saturated carbocycles. The number of aryl methyl sites for hydroxylation is 1. The van der Waals surface area contributed by atoms with E-state index < -0.39 is 11.9 Å². The first-order valence-electron chi connectivity index (χ1n) is 9.14. The zero-order valence-electron chi connectivity index (χ0n) is 16.5. The van der Waals surface area contributed by atoms with Crippen molar-refractivity contribution in [2.75, 3.05) is 17.7 Å². The molecule has 7 nitrogen and oxygen atoms in total. The SMILES string of the molecule is COC(=O)c1ccccc1NC(=O)c1cc(NC(C)c2ccccc2)nc(C)n1. The molecule has 0 aliphatic rings. The van der Waals surface area contributed by atoms with E-state index in [1.165, 1.54) is 7.11 Å². The Kier molecular flexibility index (Phi) is 6.19. The molecule has 2 aromatic carbocycles. The predicted octanol–water partition coefficient (Wildman–Crippen LogP) is 4.00. The molecule has 0 aliphatic carbocycles. The van der Waals surface area contributed by atoms with Crippen molar-refractivity contribution in [3.05, 3.63) is 83.3 Å². The highest BCUT2D eigenvalue weighted by atomic mass is 16.5. The van der Waals surface area contributed by atoms with Gasteiger partial charge in [-0.25, -0.2) is 14.8 Å². The Bertz CT molecular complexity index is 1020. The summed E-state index contributed by atoms with van der Waals surface area (Å²) in [5, 5.41) is 6.02. The number of nitrogens with one attached hydrogen (secondary N) is 2. The molecule has 0 radical (unpaired) electrons. The van der Waals surface area contributed by atoms with Crippen LogP contribution in [0.15, 0.2) is 60.7 Å². The third kappa shape index (κ3) is 4.95. The minimum Gasteiger partial charge on any atom is -0.465 e. The number of para-hydroxylation sites is 1. The zero-order chi connectivity index (χ0) is 20.8. The molecule has 148 valence electrons. The summed E-state index contributed by atoms with van der Waals surface area (Å²) in [6, 6.07) is 18.2. The van der Waals surface area contributed by atoms with Crippen molar-refractivity contribution in [3.8, 4) is 0 Å². The van der Waals surface area contributed by atoms with Crippen LogP contribution in [0, 0.1) is 6.92 Å². The Labute approximate surface area is 169 Å². The largest absolute Gasteiger partial charge is 0.465 e. The van der Waals surface area contributed by atoms with E-state index in [-0.39, 0.29) is 17.3 Å². The molecule has 2 N–H and O–H groups in total. The van der Waals surface area contributed by atoms with Gasteiger partial charge in [0.2, 0.25) is 0 Å². The van der Waals surface area contributed by atoms with Gasteiger partial charge < -0.3 is 15.4 Å². The summed E-state index contributed by atoms with van der Waals surface area (Å²) < 4.78 is 4.76. The van der Waals surface area contributed by atoms with Crippen LogP contribution in [-0.2, 0) is 4.74 Å². The van der Waals surface area contributed by atoms with Crippen LogP contribution < -0.4 is 10.6 Å². The maximum absolute atomic E-state index is 12.8. The fraction of sp³-hybridized carbons (Fsp3) is 0.182. The van der Waals surface area contributed by atoms with Crippen LogP contribution in [-0.4, -0.2) is 29.0 Å². The summed E-state index contributed by atoms with van der Waals surface area (Å²) in [5.74, 6) is 0.0306. The van der Waals surface area contributed by atoms with E-state index in [2.05, 4.69) is 20.6 Å². The van der Waals surface area contributed by atoms with Crippen LogP contribution in [0.5, 0.6) is 0 Å². The molecule has 1 heterocycles. The maximum Gasteiger partial charge on any atom is 0.339 e. The average molecular weight is 390 g/mol. The highest BCUT2D eigenvalue weighted by Gasteiger charge is 2.17. The van der Waals surface area contributed by atoms with Crippen molar-refractivity contribution in [1.82, 2.24) is 9.97 Å². The van der Waals surface area contributed by atoms with Crippen molar-refractivity contribution < 1.29 is 14.3 Å². The molecular formula is C22H22N4O3. The Morgan fingerprint density at radius 2 is 1.69 bits per heavy atom. The van der Waals surface area contributed by atoms with E-state index in [1.54, 1.807) is 37.3 Å². The number of esters is 1. The smallest absolute Gasteiger partial charge is 0.339 e. The van der Waals surface area contributed by atoms with Crippen molar-refractivity contribution in [2.24, 2.45) is 0 Å². The summed E-state index contributed by atoms with van der Waals surface area (Å²) in [6.45, 7) is 3.73. The number of hydrogen-bond acceptors (Lipinski definition) is 6. The number of benzene rings is 2. The molecule has 1 aromatic heterocycles. The molecule has 0 bridgehead atoms. The van der Waals surface area contributed by atoms with Crippen LogP contribution >= 0.6 is 0 Å². The number of hydrogen-bond donors (Lipinski definition) is 2. The molecule has 0 aliphatic heterocycles. The van der Waals surface area contributed by atoms with Gasteiger partial charge in [0.1, 0.15) is 17.3 Å². The normalized spacial score (nSPS) is 11.4. The number of nitrogens with zero attached hydrogens (tertiary/aromatic N) is 2. The molecular weight excluding hydrogens is 368 g/mol. The lowest BCUT2D eigenvalue weighted by Crippen LogP contribution is -2.18. The van der Waals surface area contributed by atoms with Crippen LogP contribution in [0.4, 0.5) is 11.5 Å². The topological polar surface area (TPSA) is 93.2 Å². The summed E-state index contributed by atoms with van der Waals surface area (Å²) in [5.41, 5.74) is 1.92. The van der Waals surface area contributed by atoms with Gasteiger partial charge >= 0.3 is 5.97 Å². The van der Waals surface area contributed by atoms with Crippen LogP contribution in [0.25, 0.3) is 0 Å². The van der Waals surface area contributed by atoms with Crippen molar-refractivity contribution in [3.63, 3.8) is 0 Å². The zero-order valence-corrected chi connectivity index (χ0v) is 16.5. The number of rotatable bonds is 6. The van der Waals surface area contributed by atoms with Gasteiger partial charge in [-0.05, 0) is 31.5 Å². The molecule has 0 saturated heterocycles. The molecule has 1 atom stereocenters. The first-order chi connectivity index (χ1) is 14.0. The van der Waals surface area contributed by atoms with Crippen LogP contribution in [0.1, 0.15) is 45.2 Å². The highest BCUT2D eigenvalue weighted by molar-refractivity contribution is 6.07.